The number of hydrogen-bond acceptors (Lipinski definition) is 3. The van der Waals surface area contributed by atoms with Crippen LogP contribution in [0.25, 0.3) is 0 Å². The van der Waals surface area contributed by atoms with Crippen molar-refractivity contribution >= 4 is 17.8 Å². The van der Waals surface area contributed by atoms with Gasteiger partial charge in [-0.3, -0.25) is 14.5 Å². The van der Waals surface area contributed by atoms with Crippen LogP contribution in [-0.2, 0) is 14.4 Å². The van der Waals surface area contributed by atoms with Crippen molar-refractivity contribution in [1.82, 2.24) is 4.90 Å². The van der Waals surface area contributed by atoms with E-state index in [9.17, 15) is 19.5 Å². The molecule has 0 radical (unpaired) electrons. The number of nitrogens with zero attached hydrogens (tertiary/aromatic N) is 1. The van der Waals surface area contributed by atoms with Crippen molar-refractivity contribution in [2.75, 3.05) is 0 Å². The smallest absolute Gasteiger partial charge is 0.330 e. The van der Waals surface area contributed by atoms with Crippen LogP contribution in [0.15, 0.2) is 0 Å². The van der Waals surface area contributed by atoms with Gasteiger partial charge in [-0.1, -0.05) is 33.1 Å². The van der Waals surface area contributed by atoms with Gasteiger partial charge in [-0.25, -0.2) is 4.79 Å². The normalized spacial score (nSPS) is 26.3. The summed E-state index contributed by atoms with van der Waals surface area (Å²) in [7, 11) is 0. The monoisotopic (exact) mass is 267 g/mol. The van der Waals surface area contributed by atoms with E-state index < -0.39 is 11.5 Å². The summed E-state index contributed by atoms with van der Waals surface area (Å²) in [6.45, 7) is 3.74. The lowest BCUT2D eigenvalue weighted by atomic mass is 9.75. The van der Waals surface area contributed by atoms with E-state index in [0.29, 0.717) is 12.8 Å². The van der Waals surface area contributed by atoms with E-state index in [1.165, 1.54) is 0 Å². The molecule has 5 nitrogen and oxygen atoms in total. The standard InChI is InChI=1S/C14H21NO4/c1-13(2)8-10(16)15(11(17)9-13)14(12(18)19)6-4-3-5-7-14/h3-9H2,1-2H3,(H,18,19). The first-order valence-electron chi connectivity index (χ1n) is 6.88. The minimum atomic E-state index is -1.29. The summed E-state index contributed by atoms with van der Waals surface area (Å²) < 4.78 is 0. The van der Waals surface area contributed by atoms with Crippen molar-refractivity contribution in [2.24, 2.45) is 5.41 Å². The maximum absolute atomic E-state index is 12.3. The van der Waals surface area contributed by atoms with Gasteiger partial charge >= 0.3 is 5.97 Å². The third-order valence-electron chi connectivity index (χ3n) is 4.27. The molecular weight excluding hydrogens is 246 g/mol. The maximum Gasteiger partial charge on any atom is 0.330 e. The first-order valence-corrected chi connectivity index (χ1v) is 6.88. The number of piperidine rings is 1. The predicted octanol–water partition coefficient (Wildman–Crippen LogP) is 1.95. The number of carbonyl (C=O) groups excluding carboxylic acids is 2. The highest BCUT2D eigenvalue weighted by Gasteiger charge is 2.53. The SMILES string of the molecule is CC1(C)CC(=O)N(C2(C(=O)O)CCCCC2)C(=O)C1. The van der Waals surface area contributed by atoms with E-state index in [1.54, 1.807) is 0 Å². The molecule has 1 aliphatic carbocycles. The van der Waals surface area contributed by atoms with Crippen LogP contribution < -0.4 is 0 Å². The molecule has 2 rings (SSSR count). The van der Waals surface area contributed by atoms with Gasteiger partial charge in [0.1, 0.15) is 5.54 Å². The van der Waals surface area contributed by atoms with Gasteiger partial charge in [-0.15, -0.1) is 0 Å². The summed E-state index contributed by atoms with van der Waals surface area (Å²) in [5, 5.41) is 9.56. The Bertz CT molecular complexity index is 401. The Morgan fingerprint density at radius 3 is 1.95 bits per heavy atom. The second-order valence-electron chi connectivity index (χ2n) is 6.54. The van der Waals surface area contributed by atoms with E-state index in [4.69, 9.17) is 0 Å². The zero-order valence-corrected chi connectivity index (χ0v) is 11.6. The van der Waals surface area contributed by atoms with Crippen LogP contribution in [0, 0.1) is 5.41 Å². The minimum Gasteiger partial charge on any atom is -0.479 e. The number of carboxylic acid groups (broad SMARTS) is 1. The van der Waals surface area contributed by atoms with E-state index in [2.05, 4.69) is 0 Å². The van der Waals surface area contributed by atoms with Gasteiger partial charge in [0, 0.05) is 12.8 Å². The lowest BCUT2D eigenvalue weighted by Gasteiger charge is -2.46. The topological polar surface area (TPSA) is 74.7 Å². The first-order chi connectivity index (χ1) is 8.78. The zero-order chi connectivity index (χ0) is 14.3. The minimum absolute atomic E-state index is 0.244. The Morgan fingerprint density at radius 1 is 1.05 bits per heavy atom. The highest BCUT2D eigenvalue weighted by Crippen LogP contribution is 2.40. The first kappa shape index (κ1) is 14.0. The molecular formula is C14H21NO4. The van der Waals surface area contributed by atoms with Crippen LogP contribution in [0.5, 0.6) is 0 Å². The van der Waals surface area contributed by atoms with Crippen molar-refractivity contribution in [1.29, 1.82) is 0 Å². The van der Waals surface area contributed by atoms with Crippen molar-refractivity contribution in [3.05, 3.63) is 0 Å². The van der Waals surface area contributed by atoms with E-state index in [-0.39, 0.29) is 30.1 Å². The average Bonchev–Trinajstić information content (AvgIpc) is 2.27. The molecule has 1 saturated heterocycles. The van der Waals surface area contributed by atoms with Crippen LogP contribution >= 0.6 is 0 Å². The Morgan fingerprint density at radius 2 is 1.53 bits per heavy atom. The molecule has 2 amide bonds. The van der Waals surface area contributed by atoms with Crippen LogP contribution in [0.1, 0.15) is 58.8 Å². The molecule has 1 saturated carbocycles. The third-order valence-corrected chi connectivity index (χ3v) is 4.27. The summed E-state index contributed by atoms with van der Waals surface area (Å²) in [6, 6.07) is 0. The van der Waals surface area contributed by atoms with Gasteiger partial charge in [-0.2, -0.15) is 0 Å². The van der Waals surface area contributed by atoms with Gasteiger partial charge in [0.2, 0.25) is 11.8 Å². The van der Waals surface area contributed by atoms with Gasteiger partial charge in [0.25, 0.3) is 0 Å². The van der Waals surface area contributed by atoms with Crippen molar-refractivity contribution in [3.63, 3.8) is 0 Å². The third kappa shape index (κ3) is 2.38. The Balaban J connectivity index is 2.34. The number of carbonyl (C=O) groups is 3. The number of hydrogen-bond donors (Lipinski definition) is 1. The summed E-state index contributed by atoms with van der Waals surface area (Å²) in [5.41, 5.74) is -1.65. The Hall–Kier alpha value is -1.39. The quantitative estimate of drug-likeness (QED) is 0.776. The molecule has 0 aromatic carbocycles. The Labute approximate surface area is 113 Å². The Kier molecular flexibility index (Phi) is 3.41. The van der Waals surface area contributed by atoms with Gasteiger partial charge in [0.15, 0.2) is 0 Å². The highest BCUT2D eigenvalue weighted by atomic mass is 16.4. The highest BCUT2D eigenvalue weighted by molar-refractivity contribution is 6.03. The number of carboxylic acids is 1. The lowest BCUT2D eigenvalue weighted by molar-refractivity contribution is -0.174. The van der Waals surface area contributed by atoms with E-state index >= 15 is 0 Å². The van der Waals surface area contributed by atoms with E-state index in [1.807, 2.05) is 13.8 Å². The summed E-state index contributed by atoms with van der Waals surface area (Å²) in [5.74, 6) is -1.69. The lowest BCUT2D eigenvalue weighted by Crippen LogP contribution is -2.63. The predicted molar refractivity (Wildman–Crippen MR) is 68.3 cm³/mol. The molecule has 0 unspecified atom stereocenters. The number of amides is 2. The number of likely N-dealkylation sites (tertiary alicyclic amines) is 1. The second-order valence-corrected chi connectivity index (χ2v) is 6.54. The molecule has 2 fully saturated rings. The molecule has 106 valence electrons. The molecule has 5 heteroatoms. The van der Waals surface area contributed by atoms with Crippen LogP contribution in [0.2, 0.25) is 0 Å². The second kappa shape index (κ2) is 4.62. The van der Waals surface area contributed by atoms with Crippen molar-refractivity contribution in [2.45, 2.75) is 64.3 Å². The largest absolute Gasteiger partial charge is 0.479 e. The molecule has 1 heterocycles. The molecule has 0 aromatic heterocycles. The molecule has 1 aliphatic heterocycles. The van der Waals surface area contributed by atoms with Gasteiger partial charge in [0.05, 0.1) is 0 Å². The molecule has 2 aliphatic rings. The number of aliphatic carboxylic acids is 1. The molecule has 0 aromatic rings. The van der Waals surface area contributed by atoms with Crippen LogP contribution in [-0.4, -0.2) is 33.3 Å². The van der Waals surface area contributed by atoms with Crippen molar-refractivity contribution < 1.29 is 19.5 Å². The molecule has 0 spiro atoms. The van der Waals surface area contributed by atoms with Crippen LogP contribution in [0.3, 0.4) is 0 Å². The summed E-state index contributed by atoms with van der Waals surface area (Å²) in [4.78, 5) is 37.3. The summed E-state index contributed by atoms with van der Waals surface area (Å²) in [6.07, 6.45) is 3.75. The molecule has 0 bridgehead atoms. The van der Waals surface area contributed by atoms with Crippen molar-refractivity contribution in [3.8, 4) is 0 Å². The fourth-order valence-corrected chi connectivity index (χ4v) is 3.33. The molecule has 1 N–H and O–H groups in total. The number of imide groups is 1. The van der Waals surface area contributed by atoms with Crippen LogP contribution in [0.4, 0.5) is 0 Å². The summed E-state index contributed by atoms with van der Waals surface area (Å²) >= 11 is 0. The maximum atomic E-state index is 12.3. The number of rotatable bonds is 2. The van der Waals surface area contributed by atoms with Gasteiger partial charge in [-0.05, 0) is 18.3 Å². The fourth-order valence-electron chi connectivity index (χ4n) is 3.33. The molecule has 19 heavy (non-hydrogen) atoms. The molecule has 0 atom stereocenters. The average molecular weight is 267 g/mol. The fraction of sp³-hybridized carbons (Fsp3) is 0.786. The zero-order valence-electron chi connectivity index (χ0n) is 11.6. The van der Waals surface area contributed by atoms with Gasteiger partial charge < -0.3 is 5.11 Å². The van der Waals surface area contributed by atoms with E-state index in [0.717, 1.165) is 24.2 Å².